The summed E-state index contributed by atoms with van der Waals surface area (Å²) in [5.74, 6) is 2.40. The molecule has 24 heavy (non-hydrogen) atoms. The highest BCUT2D eigenvalue weighted by molar-refractivity contribution is 5.79. The van der Waals surface area contributed by atoms with E-state index < -0.39 is 0 Å². The molecule has 0 aromatic heterocycles. The van der Waals surface area contributed by atoms with Crippen molar-refractivity contribution in [2.24, 2.45) is 5.92 Å². The smallest absolute Gasteiger partial charge is 0.220 e. The van der Waals surface area contributed by atoms with Gasteiger partial charge in [0.2, 0.25) is 5.91 Å². The number of piperidine rings is 1. The fraction of sp³-hybridized carbons (Fsp3) is 0.350. The molecule has 0 unspecified atom stereocenters. The molecule has 1 N–H and O–H groups in total. The molecule has 0 spiro atoms. The van der Waals surface area contributed by atoms with Gasteiger partial charge in [-0.15, -0.1) is 0 Å². The summed E-state index contributed by atoms with van der Waals surface area (Å²) in [5, 5.41) is 3.09. The molecule has 2 aliphatic heterocycles. The van der Waals surface area contributed by atoms with Gasteiger partial charge in [-0.05, 0) is 36.2 Å². The monoisotopic (exact) mass is 322 g/mol. The number of carbonyl (C=O) groups is 1. The third-order valence-corrected chi connectivity index (χ3v) is 4.90. The molecule has 0 saturated carbocycles. The van der Waals surface area contributed by atoms with E-state index in [0.29, 0.717) is 18.4 Å². The lowest BCUT2D eigenvalue weighted by Crippen LogP contribution is -2.44. The van der Waals surface area contributed by atoms with Crippen LogP contribution in [0, 0.1) is 5.92 Å². The van der Waals surface area contributed by atoms with Crippen LogP contribution in [0.15, 0.2) is 54.6 Å². The quantitative estimate of drug-likeness (QED) is 0.940. The van der Waals surface area contributed by atoms with E-state index in [0.717, 1.165) is 37.6 Å². The van der Waals surface area contributed by atoms with E-state index in [1.54, 1.807) is 0 Å². The van der Waals surface area contributed by atoms with E-state index in [9.17, 15) is 4.79 Å². The van der Waals surface area contributed by atoms with Crippen LogP contribution in [0.3, 0.4) is 0 Å². The molecule has 0 bridgehead atoms. The predicted octanol–water partition coefficient (Wildman–Crippen LogP) is 3.19. The molecule has 2 heterocycles. The van der Waals surface area contributed by atoms with Crippen molar-refractivity contribution in [3.8, 4) is 11.5 Å². The highest BCUT2D eigenvalue weighted by Crippen LogP contribution is 2.27. The Bertz CT molecular complexity index is 717. The van der Waals surface area contributed by atoms with Gasteiger partial charge < -0.3 is 10.1 Å². The fourth-order valence-corrected chi connectivity index (χ4v) is 3.74. The molecule has 2 atom stereocenters. The Morgan fingerprint density at radius 1 is 1.08 bits per heavy atom. The van der Waals surface area contributed by atoms with Gasteiger partial charge in [-0.2, -0.15) is 0 Å². The molecular formula is C20H22N2O2. The van der Waals surface area contributed by atoms with E-state index >= 15 is 0 Å². The standard InChI is InChI=1S/C20H22N2O2/c23-20-12-16-14-22(10-9-19(16)21-20)13-15-5-4-8-18(11-15)24-17-6-2-1-3-7-17/h1-8,11,16,19H,9-10,12-14H2,(H,21,23)/t16-,19+/m1/s1. The van der Waals surface area contributed by atoms with Crippen LogP contribution in [-0.2, 0) is 11.3 Å². The first kappa shape index (κ1) is 15.2. The van der Waals surface area contributed by atoms with Gasteiger partial charge in [0.25, 0.3) is 0 Å². The molecule has 4 heteroatoms. The zero-order valence-electron chi connectivity index (χ0n) is 13.7. The Labute approximate surface area is 142 Å². The first-order valence-corrected chi connectivity index (χ1v) is 8.60. The first-order valence-electron chi connectivity index (χ1n) is 8.60. The summed E-state index contributed by atoms with van der Waals surface area (Å²) in [6.07, 6.45) is 1.73. The van der Waals surface area contributed by atoms with Crippen LogP contribution in [0.4, 0.5) is 0 Å². The second kappa shape index (κ2) is 6.65. The fourth-order valence-electron chi connectivity index (χ4n) is 3.74. The van der Waals surface area contributed by atoms with E-state index in [1.807, 2.05) is 42.5 Å². The second-order valence-corrected chi connectivity index (χ2v) is 6.72. The summed E-state index contributed by atoms with van der Waals surface area (Å²) in [7, 11) is 0. The number of para-hydroxylation sites is 1. The largest absolute Gasteiger partial charge is 0.457 e. The van der Waals surface area contributed by atoms with Crippen LogP contribution in [0.5, 0.6) is 11.5 Å². The molecule has 2 aromatic rings. The van der Waals surface area contributed by atoms with Gasteiger partial charge >= 0.3 is 0 Å². The third kappa shape index (κ3) is 3.44. The van der Waals surface area contributed by atoms with Crippen LogP contribution >= 0.6 is 0 Å². The van der Waals surface area contributed by atoms with Crippen molar-refractivity contribution in [2.45, 2.75) is 25.4 Å². The number of benzene rings is 2. The van der Waals surface area contributed by atoms with Gasteiger partial charge in [0, 0.05) is 38.0 Å². The molecule has 124 valence electrons. The highest BCUT2D eigenvalue weighted by atomic mass is 16.5. The molecule has 4 rings (SSSR count). The first-order chi connectivity index (χ1) is 11.8. The highest BCUT2D eigenvalue weighted by Gasteiger charge is 2.36. The number of nitrogens with zero attached hydrogens (tertiary/aromatic N) is 1. The SMILES string of the molecule is O=C1C[C@@H]2CN(Cc3cccc(Oc4ccccc4)c3)CC[C@@H]2N1. The Kier molecular flexibility index (Phi) is 4.22. The minimum absolute atomic E-state index is 0.213. The Hall–Kier alpha value is -2.33. The van der Waals surface area contributed by atoms with Crippen LogP contribution in [-0.4, -0.2) is 29.9 Å². The molecule has 4 nitrogen and oxygen atoms in total. The van der Waals surface area contributed by atoms with E-state index in [-0.39, 0.29) is 5.91 Å². The molecule has 2 fully saturated rings. The lowest BCUT2D eigenvalue weighted by Gasteiger charge is -2.34. The number of likely N-dealkylation sites (tertiary alicyclic amines) is 1. The number of hydrogen-bond donors (Lipinski definition) is 1. The summed E-state index contributed by atoms with van der Waals surface area (Å²) >= 11 is 0. The topological polar surface area (TPSA) is 41.6 Å². The minimum atomic E-state index is 0.213. The zero-order chi connectivity index (χ0) is 16.4. The summed E-state index contributed by atoms with van der Waals surface area (Å²) in [4.78, 5) is 14.0. The number of nitrogens with one attached hydrogen (secondary N) is 1. The molecule has 2 aromatic carbocycles. The maximum Gasteiger partial charge on any atom is 0.220 e. The molecule has 0 radical (unpaired) electrons. The minimum Gasteiger partial charge on any atom is -0.457 e. The van der Waals surface area contributed by atoms with Gasteiger partial charge in [-0.3, -0.25) is 9.69 Å². The van der Waals surface area contributed by atoms with Gasteiger partial charge in [0.1, 0.15) is 11.5 Å². The number of rotatable bonds is 4. The van der Waals surface area contributed by atoms with Crippen molar-refractivity contribution in [1.82, 2.24) is 10.2 Å². The maximum absolute atomic E-state index is 11.5. The van der Waals surface area contributed by atoms with Crippen molar-refractivity contribution in [2.75, 3.05) is 13.1 Å². The van der Waals surface area contributed by atoms with E-state index in [4.69, 9.17) is 4.74 Å². The number of ether oxygens (including phenoxy) is 1. The van der Waals surface area contributed by atoms with Crippen molar-refractivity contribution in [3.63, 3.8) is 0 Å². The summed E-state index contributed by atoms with van der Waals surface area (Å²) < 4.78 is 5.92. The Morgan fingerprint density at radius 3 is 2.79 bits per heavy atom. The maximum atomic E-state index is 11.5. The second-order valence-electron chi connectivity index (χ2n) is 6.72. The number of hydrogen-bond acceptors (Lipinski definition) is 3. The van der Waals surface area contributed by atoms with E-state index in [1.165, 1.54) is 5.56 Å². The van der Waals surface area contributed by atoms with Crippen molar-refractivity contribution < 1.29 is 9.53 Å². The predicted molar refractivity (Wildman–Crippen MR) is 92.9 cm³/mol. The van der Waals surface area contributed by atoms with Gasteiger partial charge in [0.05, 0.1) is 0 Å². The van der Waals surface area contributed by atoms with Crippen molar-refractivity contribution in [3.05, 3.63) is 60.2 Å². The normalized spacial score (nSPS) is 23.6. The van der Waals surface area contributed by atoms with Gasteiger partial charge in [-0.25, -0.2) is 0 Å². The molecule has 1 amide bonds. The Balaban J connectivity index is 1.40. The molecule has 2 aliphatic rings. The third-order valence-electron chi connectivity index (χ3n) is 4.90. The molecule has 0 aliphatic carbocycles. The van der Waals surface area contributed by atoms with Crippen LogP contribution < -0.4 is 10.1 Å². The van der Waals surface area contributed by atoms with E-state index in [2.05, 4.69) is 22.3 Å². The number of carbonyl (C=O) groups excluding carboxylic acids is 1. The number of amides is 1. The average Bonchev–Trinajstić information content (AvgIpc) is 2.95. The van der Waals surface area contributed by atoms with Gasteiger partial charge in [-0.1, -0.05) is 30.3 Å². The average molecular weight is 322 g/mol. The number of fused-ring (bicyclic) bond motifs is 1. The lowest BCUT2D eigenvalue weighted by atomic mass is 9.93. The van der Waals surface area contributed by atoms with Crippen molar-refractivity contribution in [1.29, 1.82) is 0 Å². The zero-order valence-corrected chi connectivity index (χ0v) is 13.7. The van der Waals surface area contributed by atoms with Gasteiger partial charge in [0.15, 0.2) is 0 Å². The summed E-state index contributed by atoms with van der Waals surface area (Å²) in [6, 6.07) is 18.5. The van der Waals surface area contributed by atoms with Crippen LogP contribution in [0.2, 0.25) is 0 Å². The summed E-state index contributed by atoms with van der Waals surface area (Å²) in [5.41, 5.74) is 1.25. The van der Waals surface area contributed by atoms with Crippen LogP contribution in [0.25, 0.3) is 0 Å². The molecule has 2 saturated heterocycles. The Morgan fingerprint density at radius 2 is 1.92 bits per heavy atom. The van der Waals surface area contributed by atoms with Crippen molar-refractivity contribution >= 4 is 5.91 Å². The summed E-state index contributed by atoms with van der Waals surface area (Å²) in [6.45, 7) is 2.93. The lowest BCUT2D eigenvalue weighted by molar-refractivity contribution is -0.119. The van der Waals surface area contributed by atoms with Crippen LogP contribution in [0.1, 0.15) is 18.4 Å². The molecular weight excluding hydrogens is 300 g/mol.